The lowest BCUT2D eigenvalue weighted by molar-refractivity contribution is -0.142. The maximum absolute atomic E-state index is 12.3. The van der Waals surface area contributed by atoms with Crippen LogP contribution in [-0.4, -0.2) is 15.9 Å². The van der Waals surface area contributed by atoms with Crippen molar-refractivity contribution in [2.75, 3.05) is 0 Å². The van der Waals surface area contributed by atoms with Gasteiger partial charge in [0.25, 0.3) is 0 Å². The first kappa shape index (κ1) is 22.5. The summed E-state index contributed by atoms with van der Waals surface area (Å²) < 4.78 is 5.40. The van der Waals surface area contributed by atoms with Gasteiger partial charge in [-0.1, -0.05) is 46.0 Å². The normalized spacial score (nSPS) is 12.8. The second kappa shape index (κ2) is 11.3. The second-order valence-electron chi connectivity index (χ2n) is 7.69. The number of nitrogens with zero attached hydrogens (tertiary/aromatic N) is 3. The minimum Gasteiger partial charge on any atom is -0.425 e. The van der Waals surface area contributed by atoms with Crippen molar-refractivity contribution in [2.45, 2.75) is 72.1 Å². The molecule has 2 aromatic rings. The lowest BCUT2D eigenvalue weighted by Gasteiger charge is -2.18. The highest BCUT2D eigenvalue weighted by molar-refractivity contribution is 5.81. The van der Waals surface area contributed by atoms with Crippen LogP contribution in [0.25, 0.3) is 11.4 Å². The fraction of sp³-hybridized carbons (Fsp3) is 0.500. The molecule has 0 saturated carbocycles. The Balaban J connectivity index is 1.94. The lowest BCUT2D eigenvalue weighted by Crippen LogP contribution is -2.30. The smallest absolute Gasteiger partial charge is 0.331 e. The van der Waals surface area contributed by atoms with Crippen molar-refractivity contribution >= 4 is 5.97 Å². The molecule has 2 rings (SSSR count). The second-order valence-corrected chi connectivity index (χ2v) is 7.69. The third-order valence-corrected chi connectivity index (χ3v) is 5.04. The lowest BCUT2D eigenvalue weighted by atomic mass is 9.87. The molecule has 0 spiro atoms. The summed E-state index contributed by atoms with van der Waals surface area (Å²) in [4.78, 5) is 21.3. The largest absolute Gasteiger partial charge is 0.425 e. The number of rotatable bonds is 11. The third-order valence-electron chi connectivity index (χ3n) is 5.04. The number of hydrogen-bond donors (Lipinski definition) is 0. The molecule has 0 fully saturated rings. The molecular formula is C24H31N3O2. The van der Waals surface area contributed by atoms with Gasteiger partial charge >= 0.3 is 5.97 Å². The molecule has 5 nitrogen and oxygen atoms in total. The average molecular weight is 394 g/mol. The monoisotopic (exact) mass is 393 g/mol. The van der Waals surface area contributed by atoms with Gasteiger partial charge in [0, 0.05) is 18.0 Å². The zero-order valence-electron chi connectivity index (χ0n) is 17.8. The Bertz CT molecular complexity index is 810. The van der Waals surface area contributed by atoms with Crippen LogP contribution in [0, 0.1) is 16.7 Å². The van der Waals surface area contributed by atoms with Crippen LogP contribution >= 0.6 is 0 Å². The molecule has 1 unspecified atom stereocenters. The van der Waals surface area contributed by atoms with Crippen molar-refractivity contribution in [2.24, 2.45) is 5.41 Å². The number of ether oxygens (including phenoxy) is 1. The van der Waals surface area contributed by atoms with E-state index in [0.717, 1.165) is 24.0 Å². The number of carbonyl (C=O) groups excluding carboxylic acids is 1. The number of aryl methyl sites for hydroxylation is 1. The first-order valence-electron chi connectivity index (χ1n) is 10.6. The van der Waals surface area contributed by atoms with E-state index in [2.05, 4.69) is 23.0 Å². The van der Waals surface area contributed by atoms with Gasteiger partial charge in [-0.25, -0.2) is 14.8 Å². The van der Waals surface area contributed by atoms with Crippen LogP contribution in [0.2, 0.25) is 0 Å². The summed E-state index contributed by atoms with van der Waals surface area (Å²) in [5, 5.41) is 9.30. The summed E-state index contributed by atoms with van der Waals surface area (Å²) in [7, 11) is 0. The van der Waals surface area contributed by atoms with E-state index in [1.54, 1.807) is 19.1 Å². The van der Waals surface area contributed by atoms with Crippen LogP contribution in [0.5, 0.6) is 5.75 Å². The van der Waals surface area contributed by atoms with E-state index in [9.17, 15) is 10.1 Å². The number of esters is 1. The highest BCUT2D eigenvalue weighted by Gasteiger charge is 2.34. The Morgan fingerprint density at radius 1 is 1.03 bits per heavy atom. The molecule has 0 aliphatic heterocycles. The number of unbranched alkanes of at least 4 members (excludes halogenated alkanes) is 4. The van der Waals surface area contributed by atoms with Gasteiger partial charge in [0.2, 0.25) is 0 Å². The van der Waals surface area contributed by atoms with Crippen molar-refractivity contribution in [3.05, 3.63) is 42.2 Å². The van der Waals surface area contributed by atoms with Crippen LogP contribution in [0.15, 0.2) is 36.7 Å². The fourth-order valence-electron chi connectivity index (χ4n) is 3.16. The van der Waals surface area contributed by atoms with Gasteiger partial charge in [-0.15, -0.1) is 0 Å². The molecule has 5 heteroatoms. The van der Waals surface area contributed by atoms with Crippen molar-refractivity contribution in [1.82, 2.24) is 9.97 Å². The SMILES string of the molecule is CCCCCCCc1cnc(-c2ccc(OC(=O)C(C)(C#N)CCC)cc2)nc1. The standard InChI is InChI=1S/C24H31N3O2/c1-4-6-7-8-9-10-19-16-26-22(27-17-19)20-11-13-21(14-12-20)29-23(28)24(3,18-25)15-5-2/h11-14,16-17H,4-10,15H2,1-3H3. The van der Waals surface area contributed by atoms with Crippen LogP contribution in [0.4, 0.5) is 0 Å². The highest BCUT2D eigenvalue weighted by atomic mass is 16.5. The van der Waals surface area contributed by atoms with Crippen LogP contribution in [-0.2, 0) is 11.2 Å². The highest BCUT2D eigenvalue weighted by Crippen LogP contribution is 2.26. The van der Waals surface area contributed by atoms with E-state index in [-0.39, 0.29) is 0 Å². The Labute approximate surface area is 174 Å². The number of hydrogen-bond acceptors (Lipinski definition) is 5. The number of carbonyl (C=O) groups is 1. The van der Waals surface area contributed by atoms with Gasteiger partial charge < -0.3 is 4.74 Å². The molecule has 0 amide bonds. The first-order valence-corrected chi connectivity index (χ1v) is 10.6. The van der Waals surface area contributed by atoms with E-state index < -0.39 is 11.4 Å². The molecule has 0 saturated heterocycles. The predicted octanol–water partition coefficient (Wildman–Crippen LogP) is 5.89. The number of nitriles is 1. The van der Waals surface area contributed by atoms with Gasteiger partial charge in [-0.2, -0.15) is 5.26 Å². The molecule has 0 bridgehead atoms. The Morgan fingerprint density at radius 2 is 1.69 bits per heavy atom. The minimum absolute atomic E-state index is 0.417. The number of aromatic nitrogens is 2. The summed E-state index contributed by atoms with van der Waals surface area (Å²) in [6, 6.07) is 9.14. The molecule has 29 heavy (non-hydrogen) atoms. The summed E-state index contributed by atoms with van der Waals surface area (Å²) >= 11 is 0. The topological polar surface area (TPSA) is 75.9 Å². The van der Waals surface area contributed by atoms with Crippen LogP contribution in [0.3, 0.4) is 0 Å². The molecule has 0 radical (unpaired) electrons. The van der Waals surface area contributed by atoms with Crippen molar-refractivity contribution in [3.8, 4) is 23.2 Å². The molecule has 1 heterocycles. The summed E-state index contributed by atoms with van der Waals surface area (Å²) in [6.07, 6.45) is 12.3. The molecule has 1 atom stereocenters. The maximum Gasteiger partial charge on any atom is 0.331 e. The predicted molar refractivity (Wildman–Crippen MR) is 114 cm³/mol. The molecule has 0 aliphatic rings. The average Bonchev–Trinajstić information content (AvgIpc) is 2.74. The Hall–Kier alpha value is -2.74. The molecule has 1 aromatic carbocycles. The third kappa shape index (κ3) is 6.67. The zero-order valence-corrected chi connectivity index (χ0v) is 17.8. The van der Waals surface area contributed by atoms with Crippen LogP contribution in [0.1, 0.15) is 71.3 Å². The molecule has 154 valence electrons. The summed E-state index contributed by atoms with van der Waals surface area (Å²) in [5.74, 6) is 0.541. The van der Waals surface area contributed by atoms with Crippen molar-refractivity contribution in [3.63, 3.8) is 0 Å². The first-order chi connectivity index (χ1) is 14.0. The van der Waals surface area contributed by atoms with Crippen molar-refractivity contribution < 1.29 is 9.53 Å². The maximum atomic E-state index is 12.3. The molecule has 0 aliphatic carbocycles. The van der Waals surface area contributed by atoms with Gasteiger partial charge in [-0.3, -0.25) is 0 Å². The molecule has 1 aromatic heterocycles. The van der Waals surface area contributed by atoms with E-state index in [1.165, 1.54) is 32.1 Å². The van der Waals surface area contributed by atoms with E-state index in [0.29, 0.717) is 18.0 Å². The van der Waals surface area contributed by atoms with Gasteiger partial charge in [0.1, 0.15) is 5.75 Å². The van der Waals surface area contributed by atoms with E-state index >= 15 is 0 Å². The summed E-state index contributed by atoms with van der Waals surface area (Å²) in [5.41, 5.74) is 0.890. The quantitative estimate of drug-likeness (QED) is 0.270. The van der Waals surface area contributed by atoms with Gasteiger partial charge in [0.15, 0.2) is 11.2 Å². The molecular weight excluding hydrogens is 362 g/mol. The zero-order chi connectivity index (χ0) is 21.1. The minimum atomic E-state index is -1.12. The van der Waals surface area contributed by atoms with Gasteiger partial charge in [-0.05, 0) is 56.0 Å². The van der Waals surface area contributed by atoms with E-state index in [4.69, 9.17) is 4.74 Å². The van der Waals surface area contributed by atoms with Crippen molar-refractivity contribution in [1.29, 1.82) is 5.26 Å². The Morgan fingerprint density at radius 3 is 2.28 bits per heavy atom. The molecule has 0 N–H and O–H groups in total. The fourth-order valence-corrected chi connectivity index (χ4v) is 3.16. The van der Waals surface area contributed by atoms with E-state index in [1.807, 2.05) is 31.5 Å². The van der Waals surface area contributed by atoms with Gasteiger partial charge in [0.05, 0.1) is 6.07 Å². The number of benzene rings is 1. The Kier molecular flexibility index (Phi) is 8.79. The summed E-state index contributed by atoms with van der Waals surface area (Å²) in [6.45, 7) is 5.78. The van der Waals surface area contributed by atoms with Crippen LogP contribution < -0.4 is 4.74 Å².